The number of unbranched alkanes of at least 4 members (excludes halogenated alkanes) is 3. The predicted octanol–water partition coefficient (Wildman–Crippen LogP) is 3.47. The lowest BCUT2D eigenvalue weighted by molar-refractivity contribution is 0.141. The minimum absolute atomic E-state index is 0.944. The molecule has 0 heterocycles. The fourth-order valence-corrected chi connectivity index (χ4v) is 2.94. The van der Waals surface area contributed by atoms with Gasteiger partial charge in [0.2, 0.25) is 0 Å². The highest BCUT2D eigenvalue weighted by atomic mass is 28.4. The van der Waals surface area contributed by atoms with Crippen molar-refractivity contribution in [2.45, 2.75) is 51.7 Å². The van der Waals surface area contributed by atoms with Gasteiger partial charge in [0.25, 0.3) is 8.32 Å². The van der Waals surface area contributed by atoms with Crippen LogP contribution in [0.15, 0.2) is 0 Å². The van der Waals surface area contributed by atoms with Gasteiger partial charge in [-0.15, -0.1) is 0 Å². The van der Waals surface area contributed by atoms with Crippen molar-refractivity contribution in [2.24, 2.45) is 0 Å². The monoisotopic (exact) mass is 204 g/mol. The lowest BCUT2D eigenvalue weighted by atomic mass is 10.2. The second kappa shape index (κ2) is 6.02. The van der Waals surface area contributed by atoms with E-state index < -0.39 is 14.5 Å². The topological polar surface area (TPSA) is 46.5 Å². The molecule has 0 aliphatic rings. The summed E-state index contributed by atoms with van der Waals surface area (Å²) in [6, 6.07) is 0.944. The quantitative estimate of drug-likeness (QED) is 0.532. The zero-order chi connectivity index (χ0) is 10.3. The number of hydrogen-bond donors (Lipinski definition) is 1. The summed E-state index contributed by atoms with van der Waals surface area (Å²) in [7, 11) is -1.92. The first-order valence-electron chi connectivity index (χ1n) is 4.90. The van der Waals surface area contributed by atoms with Crippen LogP contribution in [-0.2, 0) is 4.43 Å². The van der Waals surface area contributed by atoms with Gasteiger partial charge >= 0.3 is 6.16 Å². The second-order valence-corrected chi connectivity index (χ2v) is 8.16. The maximum atomic E-state index is 10.3. The van der Waals surface area contributed by atoms with Crippen molar-refractivity contribution in [3.63, 3.8) is 0 Å². The highest BCUT2D eigenvalue weighted by molar-refractivity contribution is 6.72. The predicted molar refractivity (Wildman–Crippen MR) is 55.5 cm³/mol. The Hall–Kier alpha value is -0.513. The van der Waals surface area contributed by atoms with Gasteiger partial charge in [-0.2, -0.15) is 0 Å². The highest BCUT2D eigenvalue weighted by Crippen LogP contribution is 2.16. The first-order valence-corrected chi connectivity index (χ1v) is 8.01. The minimum Gasteiger partial charge on any atom is -0.490 e. The number of rotatable bonds is 6. The van der Waals surface area contributed by atoms with Crippen LogP contribution in [0.25, 0.3) is 0 Å². The van der Waals surface area contributed by atoms with E-state index in [1.807, 2.05) is 13.1 Å². The molecule has 0 rings (SSSR count). The molecule has 0 spiro atoms. The molecule has 0 amide bonds. The van der Waals surface area contributed by atoms with Crippen LogP contribution in [0.4, 0.5) is 4.79 Å². The molecular formula is C9H20O3Si. The Morgan fingerprint density at radius 2 is 1.92 bits per heavy atom. The lowest BCUT2D eigenvalue weighted by Gasteiger charge is -2.19. The van der Waals surface area contributed by atoms with E-state index in [9.17, 15) is 4.79 Å². The number of carbonyl (C=O) groups is 1. The van der Waals surface area contributed by atoms with Crippen LogP contribution < -0.4 is 0 Å². The molecule has 0 aromatic carbocycles. The maximum Gasteiger partial charge on any atom is 0.491 e. The Morgan fingerprint density at radius 1 is 1.31 bits per heavy atom. The Bertz CT molecular complexity index is 157. The van der Waals surface area contributed by atoms with Crippen LogP contribution in [0, 0.1) is 0 Å². The molecule has 13 heavy (non-hydrogen) atoms. The van der Waals surface area contributed by atoms with E-state index in [2.05, 4.69) is 6.92 Å². The van der Waals surface area contributed by atoms with E-state index in [0.717, 1.165) is 12.5 Å². The third-order valence-electron chi connectivity index (χ3n) is 2.00. The molecular weight excluding hydrogens is 184 g/mol. The van der Waals surface area contributed by atoms with Gasteiger partial charge in [-0.1, -0.05) is 32.6 Å². The van der Waals surface area contributed by atoms with Gasteiger partial charge in [0.1, 0.15) is 0 Å². The van der Waals surface area contributed by atoms with E-state index in [0.29, 0.717) is 0 Å². The number of hydrogen-bond acceptors (Lipinski definition) is 2. The van der Waals surface area contributed by atoms with E-state index >= 15 is 0 Å². The molecule has 0 bridgehead atoms. The van der Waals surface area contributed by atoms with E-state index in [1.54, 1.807) is 0 Å². The standard InChI is InChI=1S/C9H20O3Si/c1-4-5-6-7-8-13(2,3)12-9(10)11/h4-8H2,1-3H3,(H,10,11). The summed E-state index contributed by atoms with van der Waals surface area (Å²) in [5, 5.41) is 8.46. The van der Waals surface area contributed by atoms with Gasteiger partial charge in [0.05, 0.1) is 0 Å². The normalized spacial score (nSPS) is 11.3. The van der Waals surface area contributed by atoms with Crippen molar-refractivity contribution in [3.05, 3.63) is 0 Å². The summed E-state index contributed by atoms with van der Waals surface area (Å²) < 4.78 is 4.87. The summed E-state index contributed by atoms with van der Waals surface area (Å²) in [4.78, 5) is 10.3. The Morgan fingerprint density at radius 3 is 2.38 bits per heavy atom. The van der Waals surface area contributed by atoms with Crippen LogP contribution in [0.5, 0.6) is 0 Å². The molecule has 0 aromatic rings. The third-order valence-corrected chi connectivity index (χ3v) is 4.28. The van der Waals surface area contributed by atoms with Crippen molar-refractivity contribution < 1.29 is 14.3 Å². The molecule has 0 radical (unpaired) electrons. The molecule has 0 aromatic heterocycles. The zero-order valence-electron chi connectivity index (χ0n) is 8.80. The highest BCUT2D eigenvalue weighted by Gasteiger charge is 2.25. The molecule has 0 saturated heterocycles. The smallest absolute Gasteiger partial charge is 0.490 e. The molecule has 1 N–H and O–H groups in total. The van der Waals surface area contributed by atoms with Gasteiger partial charge in [-0.05, 0) is 19.1 Å². The fourth-order valence-electron chi connectivity index (χ4n) is 1.26. The molecule has 0 saturated carbocycles. The minimum atomic E-state index is -1.92. The molecule has 3 nitrogen and oxygen atoms in total. The first-order chi connectivity index (χ1) is 5.98. The van der Waals surface area contributed by atoms with Crippen molar-refractivity contribution in [1.29, 1.82) is 0 Å². The average molecular weight is 204 g/mol. The summed E-state index contributed by atoms with van der Waals surface area (Å²) >= 11 is 0. The molecule has 78 valence electrons. The molecule has 0 unspecified atom stereocenters. The maximum absolute atomic E-state index is 10.3. The lowest BCUT2D eigenvalue weighted by Crippen LogP contribution is -2.32. The molecule has 0 aliphatic heterocycles. The number of carboxylic acid groups (broad SMARTS) is 1. The fraction of sp³-hybridized carbons (Fsp3) is 0.889. The van der Waals surface area contributed by atoms with Gasteiger partial charge < -0.3 is 9.53 Å². The Balaban J connectivity index is 3.56. The average Bonchev–Trinajstić information content (AvgIpc) is 1.95. The molecule has 4 heteroatoms. The van der Waals surface area contributed by atoms with Crippen molar-refractivity contribution in [1.82, 2.24) is 0 Å². The van der Waals surface area contributed by atoms with Crippen LogP contribution >= 0.6 is 0 Å². The zero-order valence-corrected chi connectivity index (χ0v) is 9.80. The van der Waals surface area contributed by atoms with Crippen molar-refractivity contribution >= 4 is 14.5 Å². The largest absolute Gasteiger partial charge is 0.491 e. The Labute approximate surface area is 81.2 Å². The van der Waals surface area contributed by atoms with E-state index in [4.69, 9.17) is 9.53 Å². The Kier molecular flexibility index (Phi) is 5.78. The van der Waals surface area contributed by atoms with Gasteiger partial charge in [0.15, 0.2) is 0 Å². The van der Waals surface area contributed by atoms with Crippen LogP contribution in [0.2, 0.25) is 19.1 Å². The second-order valence-electron chi connectivity index (χ2n) is 3.94. The van der Waals surface area contributed by atoms with E-state index in [1.165, 1.54) is 19.3 Å². The summed E-state index contributed by atoms with van der Waals surface area (Å²) in [6.45, 7) is 6.07. The van der Waals surface area contributed by atoms with E-state index in [-0.39, 0.29) is 0 Å². The first kappa shape index (κ1) is 12.5. The molecule has 0 aliphatic carbocycles. The van der Waals surface area contributed by atoms with Gasteiger partial charge in [-0.25, -0.2) is 4.79 Å². The van der Waals surface area contributed by atoms with Crippen molar-refractivity contribution in [3.8, 4) is 0 Å². The molecule has 0 atom stereocenters. The van der Waals surface area contributed by atoms with Crippen LogP contribution in [0.3, 0.4) is 0 Å². The van der Waals surface area contributed by atoms with Gasteiger partial charge in [0, 0.05) is 0 Å². The third kappa shape index (κ3) is 7.84. The summed E-state index contributed by atoms with van der Waals surface area (Å²) in [5.74, 6) is 0. The van der Waals surface area contributed by atoms with Crippen molar-refractivity contribution in [2.75, 3.05) is 0 Å². The van der Waals surface area contributed by atoms with Gasteiger partial charge in [-0.3, -0.25) is 0 Å². The molecule has 0 fully saturated rings. The SMILES string of the molecule is CCCCCC[Si](C)(C)OC(=O)O. The van der Waals surface area contributed by atoms with Crippen LogP contribution in [0.1, 0.15) is 32.6 Å². The van der Waals surface area contributed by atoms with Crippen LogP contribution in [-0.4, -0.2) is 19.6 Å². The summed E-state index contributed by atoms with van der Waals surface area (Å²) in [5.41, 5.74) is 0. The summed E-state index contributed by atoms with van der Waals surface area (Å²) in [6.07, 6.45) is 3.61.